The highest BCUT2D eigenvalue weighted by atomic mass is 32.2. The Kier molecular flexibility index (Phi) is 6.28. The lowest BCUT2D eigenvalue weighted by Crippen LogP contribution is -2.38. The lowest BCUT2D eigenvalue weighted by atomic mass is 9.95. The summed E-state index contributed by atoms with van der Waals surface area (Å²) in [6.07, 6.45) is 1.18. The average molecular weight is 461 g/mol. The highest BCUT2D eigenvalue weighted by Crippen LogP contribution is 2.27. The molecular weight excluding hydrogens is 439 g/mol. The number of amides is 1. The summed E-state index contributed by atoms with van der Waals surface area (Å²) in [5.41, 5.74) is 0.551. The van der Waals surface area contributed by atoms with Crippen molar-refractivity contribution in [2.75, 3.05) is 23.3 Å². The summed E-state index contributed by atoms with van der Waals surface area (Å²) in [7, 11) is -3.53. The number of rotatable bonds is 6. The molecule has 10 heteroatoms. The number of anilines is 2. The fraction of sp³-hybridized carbons (Fsp3) is 0.286. The molecule has 1 N–H and O–H groups in total. The van der Waals surface area contributed by atoms with Crippen LogP contribution in [0.1, 0.15) is 17.8 Å². The van der Waals surface area contributed by atoms with Crippen LogP contribution >= 0.6 is 11.3 Å². The van der Waals surface area contributed by atoms with Gasteiger partial charge in [0.1, 0.15) is 16.6 Å². The van der Waals surface area contributed by atoms with E-state index >= 15 is 0 Å². The SMILES string of the molecule is O=C(Nc1nnc(CS(=O)(=O)c2ccccc2)s1)C1CCN(c2ccccc2F)CC1. The van der Waals surface area contributed by atoms with E-state index in [0.29, 0.717) is 36.6 Å². The number of benzene rings is 2. The second-order valence-corrected chi connectivity index (χ2v) is 10.3. The number of sulfone groups is 1. The van der Waals surface area contributed by atoms with Gasteiger partial charge >= 0.3 is 0 Å². The summed E-state index contributed by atoms with van der Waals surface area (Å²) in [4.78, 5) is 14.8. The van der Waals surface area contributed by atoms with Crippen molar-refractivity contribution in [3.8, 4) is 0 Å². The molecule has 1 aliphatic rings. The molecule has 7 nitrogen and oxygen atoms in total. The number of aromatic nitrogens is 2. The van der Waals surface area contributed by atoms with Gasteiger partial charge in [0.2, 0.25) is 11.0 Å². The predicted molar refractivity (Wildman–Crippen MR) is 117 cm³/mol. The Labute approximate surface area is 183 Å². The monoisotopic (exact) mass is 460 g/mol. The first-order chi connectivity index (χ1) is 14.9. The Balaban J connectivity index is 1.33. The van der Waals surface area contributed by atoms with Crippen molar-refractivity contribution < 1.29 is 17.6 Å². The van der Waals surface area contributed by atoms with Crippen molar-refractivity contribution in [2.24, 2.45) is 5.92 Å². The molecule has 31 heavy (non-hydrogen) atoms. The van der Waals surface area contributed by atoms with E-state index < -0.39 is 9.84 Å². The first-order valence-corrected chi connectivity index (χ1v) is 12.3. The minimum absolute atomic E-state index is 0.179. The summed E-state index contributed by atoms with van der Waals surface area (Å²) >= 11 is 1.05. The molecule has 0 bridgehead atoms. The largest absolute Gasteiger partial charge is 0.369 e. The van der Waals surface area contributed by atoms with Crippen molar-refractivity contribution in [3.63, 3.8) is 0 Å². The van der Waals surface area contributed by atoms with Crippen LogP contribution in [0.4, 0.5) is 15.2 Å². The Morgan fingerprint density at radius 2 is 1.74 bits per heavy atom. The fourth-order valence-corrected chi connectivity index (χ4v) is 5.89. The van der Waals surface area contributed by atoms with E-state index in [4.69, 9.17) is 0 Å². The van der Waals surface area contributed by atoms with Crippen LogP contribution in [0.15, 0.2) is 59.5 Å². The maximum atomic E-state index is 14.0. The first kappa shape index (κ1) is 21.4. The fourth-order valence-electron chi connectivity index (χ4n) is 3.53. The van der Waals surface area contributed by atoms with E-state index in [9.17, 15) is 17.6 Å². The highest BCUT2D eigenvalue weighted by Gasteiger charge is 2.27. The van der Waals surface area contributed by atoms with Gasteiger partial charge in [-0.15, -0.1) is 10.2 Å². The van der Waals surface area contributed by atoms with E-state index in [0.717, 1.165) is 11.3 Å². The van der Waals surface area contributed by atoms with E-state index in [2.05, 4.69) is 15.5 Å². The van der Waals surface area contributed by atoms with E-state index in [1.165, 1.54) is 18.2 Å². The van der Waals surface area contributed by atoms with Gasteiger partial charge in [0.05, 0.1) is 10.6 Å². The van der Waals surface area contributed by atoms with Gasteiger partial charge in [0.15, 0.2) is 9.84 Å². The summed E-state index contributed by atoms with van der Waals surface area (Å²) < 4.78 is 38.9. The molecular formula is C21H21FN4O3S2. The zero-order valence-corrected chi connectivity index (χ0v) is 18.2. The average Bonchev–Trinajstić information content (AvgIpc) is 3.21. The molecule has 0 radical (unpaired) electrons. The van der Waals surface area contributed by atoms with Gasteiger partial charge in [0, 0.05) is 19.0 Å². The van der Waals surface area contributed by atoms with Crippen molar-refractivity contribution in [1.29, 1.82) is 0 Å². The second kappa shape index (κ2) is 9.11. The van der Waals surface area contributed by atoms with E-state index in [-0.39, 0.29) is 33.4 Å². The molecule has 0 saturated carbocycles. The van der Waals surface area contributed by atoms with Crippen molar-refractivity contribution in [2.45, 2.75) is 23.5 Å². The number of hydrogen-bond acceptors (Lipinski definition) is 7. The van der Waals surface area contributed by atoms with Crippen LogP contribution in [0.5, 0.6) is 0 Å². The lowest BCUT2D eigenvalue weighted by Gasteiger charge is -2.33. The molecule has 1 aromatic heterocycles. The number of carbonyl (C=O) groups is 1. The number of piperidine rings is 1. The molecule has 0 spiro atoms. The molecule has 1 amide bonds. The van der Waals surface area contributed by atoms with Crippen molar-refractivity contribution in [3.05, 3.63) is 65.4 Å². The van der Waals surface area contributed by atoms with Gasteiger partial charge in [-0.2, -0.15) is 0 Å². The predicted octanol–water partition coefficient (Wildman–Crippen LogP) is 3.51. The van der Waals surface area contributed by atoms with Crippen LogP contribution in [0.2, 0.25) is 0 Å². The molecule has 1 aliphatic heterocycles. The molecule has 1 saturated heterocycles. The third-order valence-electron chi connectivity index (χ3n) is 5.17. The molecule has 162 valence electrons. The van der Waals surface area contributed by atoms with Gasteiger partial charge in [0.25, 0.3) is 0 Å². The zero-order valence-electron chi connectivity index (χ0n) is 16.6. The topological polar surface area (TPSA) is 92.3 Å². The lowest BCUT2D eigenvalue weighted by molar-refractivity contribution is -0.120. The Hall–Kier alpha value is -2.85. The zero-order chi connectivity index (χ0) is 21.8. The molecule has 1 fully saturated rings. The van der Waals surface area contributed by atoms with Gasteiger partial charge in [-0.3, -0.25) is 4.79 Å². The van der Waals surface area contributed by atoms with Gasteiger partial charge in [-0.05, 0) is 37.1 Å². The summed E-state index contributed by atoms with van der Waals surface area (Å²) in [6, 6.07) is 14.8. The molecule has 4 rings (SSSR count). The van der Waals surface area contributed by atoms with Crippen LogP contribution in [0, 0.1) is 11.7 Å². The molecule has 2 heterocycles. The molecule has 2 aromatic carbocycles. The number of halogens is 1. The van der Waals surface area contributed by atoms with Crippen LogP contribution in [0.3, 0.4) is 0 Å². The van der Waals surface area contributed by atoms with Crippen molar-refractivity contribution >= 4 is 37.9 Å². The Morgan fingerprint density at radius 3 is 2.45 bits per heavy atom. The van der Waals surface area contributed by atoms with E-state index in [1.807, 2.05) is 4.90 Å². The van der Waals surface area contributed by atoms with Crippen LogP contribution in [0.25, 0.3) is 0 Å². The van der Waals surface area contributed by atoms with Crippen LogP contribution in [-0.4, -0.2) is 37.6 Å². The quantitative estimate of drug-likeness (QED) is 0.605. The minimum atomic E-state index is -3.53. The van der Waals surface area contributed by atoms with Gasteiger partial charge in [-0.1, -0.05) is 41.7 Å². The van der Waals surface area contributed by atoms with Gasteiger partial charge in [-0.25, -0.2) is 12.8 Å². The normalized spacial score (nSPS) is 15.1. The third kappa shape index (κ3) is 5.08. The van der Waals surface area contributed by atoms with Gasteiger partial charge < -0.3 is 10.2 Å². The number of hydrogen-bond donors (Lipinski definition) is 1. The summed E-state index contributed by atoms with van der Waals surface area (Å²) in [6.45, 7) is 1.16. The highest BCUT2D eigenvalue weighted by molar-refractivity contribution is 7.90. The Bertz CT molecular complexity index is 1160. The summed E-state index contributed by atoms with van der Waals surface area (Å²) in [5.74, 6) is -0.937. The maximum absolute atomic E-state index is 14.0. The molecule has 0 atom stereocenters. The molecule has 3 aromatic rings. The van der Waals surface area contributed by atoms with Crippen LogP contribution in [-0.2, 0) is 20.4 Å². The number of nitrogens with zero attached hydrogens (tertiary/aromatic N) is 3. The van der Waals surface area contributed by atoms with Crippen LogP contribution < -0.4 is 10.2 Å². The number of nitrogens with one attached hydrogen (secondary N) is 1. The van der Waals surface area contributed by atoms with E-state index in [1.54, 1.807) is 36.4 Å². The standard InChI is InChI=1S/C21H21FN4O3S2/c22-17-8-4-5-9-18(17)26-12-10-15(11-13-26)20(27)23-21-25-24-19(30-21)14-31(28,29)16-6-2-1-3-7-16/h1-9,15H,10-14H2,(H,23,25,27). The van der Waals surface area contributed by atoms with Crippen molar-refractivity contribution in [1.82, 2.24) is 10.2 Å². The summed E-state index contributed by atoms with van der Waals surface area (Å²) in [5, 5.41) is 11.2. The molecule has 0 unspecified atom stereocenters. The minimum Gasteiger partial charge on any atom is -0.369 e. The Morgan fingerprint density at radius 1 is 1.06 bits per heavy atom. The third-order valence-corrected chi connectivity index (χ3v) is 7.84. The number of carbonyl (C=O) groups excluding carboxylic acids is 1. The number of para-hydroxylation sites is 1. The first-order valence-electron chi connectivity index (χ1n) is 9.83. The maximum Gasteiger partial charge on any atom is 0.229 e. The molecule has 0 aliphatic carbocycles. The smallest absolute Gasteiger partial charge is 0.229 e. The second-order valence-electron chi connectivity index (χ2n) is 7.28.